The number of nitrogens with two attached hydrogens (primary N) is 1. The maximum Gasteiger partial charge on any atom is 0.355 e. The Morgan fingerprint density at radius 3 is 2.55 bits per heavy atom. The summed E-state index contributed by atoms with van der Waals surface area (Å²) in [4.78, 5) is 24.1. The molecule has 0 saturated heterocycles. The Balaban J connectivity index is 1.70. The van der Waals surface area contributed by atoms with E-state index in [1.807, 2.05) is 6.07 Å². The summed E-state index contributed by atoms with van der Waals surface area (Å²) in [5.74, 6) is -1.21. The van der Waals surface area contributed by atoms with Gasteiger partial charge in [-0.1, -0.05) is 18.2 Å². The molecule has 0 aliphatic carbocycles. The van der Waals surface area contributed by atoms with E-state index in [0.29, 0.717) is 5.69 Å². The number of sulfonamides is 1. The van der Waals surface area contributed by atoms with Crippen molar-refractivity contribution in [1.82, 2.24) is 4.31 Å². The number of esters is 1. The van der Waals surface area contributed by atoms with E-state index in [4.69, 9.17) is 14.9 Å². The second kappa shape index (κ2) is 8.05. The molecule has 11 heteroatoms. The molecule has 1 atom stereocenters. The van der Waals surface area contributed by atoms with E-state index in [0.717, 1.165) is 4.31 Å². The van der Waals surface area contributed by atoms with Crippen LogP contribution in [-0.4, -0.2) is 50.4 Å². The predicted octanol–water partition coefficient (Wildman–Crippen LogP) is 0.693. The molecule has 0 saturated carbocycles. The Kier molecular flexibility index (Phi) is 5.71. The van der Waals surface area contributed by atoms with Gasteiger partial charge in [-0.2, -0.15) is 5.10 Å². The lowest BCUT2D eigenvalue weighted by atomic mass is 10.1. The number of carbonyl (C=O) groups excluding carboxylic acids is 2. The number of primary amides is 1. The molecule has 1 aliphatic rings. The van der Waals surface area contributed by atoms with Crippen LogP contribution >= 0.6 is 0 Å². The number of benzene rings is 1. The highest BCUT2D eigenvalue weighted by molar-refractivity contribution is 7.88. The number of amides is 1. The van der Waals surface area contributed by atoms with Gasteiger partial charge in [-0.25, -0.2) is 17.5 Å². The average Bonchev–Trinajstić information content (AvgIpc) is 3.34. The van der Waals surface area contributed by atoms with Crippen molar-refractivity contribution < 1.29 is 27.2 Å². The number of ether oxygens (including phenoxy) is 1. The van der Waals surface area contributed by atoms with Gasteiger partial charge in [0.05, 0.1) is 5.69 Å². The van der Waals surface area contributed by atoms with E-state index in [1.165, 1.54) is 31.2 Å². The van der Waals surface area contributed by atoms with Crippen molar-refractivity contribution in [1.29, 1.82) is 0 Å². The summed E-state index contributed by atoms with van der Waals surface area (Å²) in [7, 11) is -0.964. The first kappa shape index (κ1) is 20.6. The summed E-state index contributed by atoms with van der Waals surface area (Å²) < 4.78 is 35.5. The number of hydrogen-bond donors (Lipinski definition) is 1. The molecule has 0 spiro atoms. The Morgan fingerprint density at radius 2 is 1.93 bits per heavy atom. The van der Waals surface area contributed by atoms with Crippen LogP contribution < -0.4 is 10.7 Å². The van der Waals surface area contributed by atoms with Crippen molar-refractivity contribution in [3.63, 3.8) is 0 Å². The van der Waals surface area contributed by atoms with Gasteiger partial charge in [0.2, 0.25) is 11.0 Å². The van der Waals surface area contributed by atoms with Gasteiger partial charge in [-0.3, -0.25) is 9.80 Å². The first-order valence-electron chi connectivity index (χ1n) is 8.59. The minimum atomic E-state index is -3.72. The SMILES string of the molecule is CN(C)S(=O)(=O)c1ccc(COC(=O)C2=NN(c3ccccc3)C(C(N)=O)C2)o1. The van der Waals surface area contributed by atoms with Crippen molar-refractivity contribution in [3.05, 3.63) is 48.2 Å². The van der Waals surface area contributed by atoms with Gasteiger partial charge >= 0.3 is 5.97 Å². The summed E-state index contributed by atoms with van der Waals surface area (Å²) in [6.07, 6.45) is 0.00146. The first-order valence-corrected chi connectivity index (χ1v) is 10.0. The predicted molar refractivity (Wildman–Crippen MR) is 103 cm³/mol. The fraction of sp³-hybridized carbons (Fsp3) is 0.278. The molecule has 2 aromatic rings. The number of carbonyl (C=O) groups is 2. The Labute approximate surface area is 167 Å². The zero-order chi connectivity index (χ0) is 21.2. The van der Waals surface area contributed by atoms with E-state index >= 15 is 0 Å². The monoisotopic (exact) mass is 420 g/mol. The minimum absolute atomic E-state index is 0.00146. The summed E-state index contributed by atoms with van der Waals surface area (Å²) >= 11 is 0. The first-order chi connectivity index (χ1) is 13.7. The third-order valence-corrected chi connectivity index (χ3v) is 5.90. The second-order valence-electron chi connectivity index (χ2n) is 6.43. The van der Waals surface area contributed by atoms with E-state index in [-0.39, 0.29) is 29.6 Å². The number of hydrogen-bond acceptors (Lipinski definition) is 8. The largest absolute Gasteiger partial charge is 0.453 e. The molecule has 2 N–H and O–H groups in total. The third-order valence-electron chi connectivity index (χ3n) is 4.21. The molecule has 2 heterocycles. The van der Waals surface area contributed by atoms with Gasteiger partial charge in [0.25, 0.3) is 10.0 Å². The number of furan rings is 1. The van der Waals surface area contributed by atoms with Crippen LogP contribution in [-0.2, 0) is 31.0 Å². The van der Waals surface area contributed by atoms with Gasteiger partial charge in [-0.05, 0) is 24.3 Å². The van der Waals surface area contributed by atoms with Crippen LogP contribution in [0.2, 0.25) is 0 Å². The molecule has 1 aliphatic heterocycles. The maximum absolute atomic E-state index is 12.4. The fourth-order valence-electron chi connectivity index (χ4n) is 2.65. The number of anilines is 1. The lowest BCUT2D eigenvalue weighted by Crippen LogP contribution is -2.39. The maximum atomic E-state index is 12.4. The molecule has 1 unspecified atom stereocenters. The standard InChI is InChI=1S/C18H20N4O6S/c1-21(2)29(25,26)16-9-8-13(28-16)11-27-18(24)14-10-15(17(19)23)22(20-14)12-6-4-3-5-7-12/h3-9,15H,10-11H2,1-2H3,(H2,19,23). The zero-order valence-corrected chi connectivity index (χ0v) is 16.6. The molecular formula is C18H20N4O6S. The van der Waals surface area contributed by atoms with Gasteiger partial charge in [-0.15, -0.1) is 0 Å². The van der Waals surface area contributed by atoms with Crippen LogP contribution in [0.5, 0.6) is 0 Å². The Morgan fingerprint density at radius 1 is 1.24 bits per heavy atom. The summed E-state index contributed by atoms with van der Waals surface area (Å²) in [5.41, 5.74) is 6.09. The highest BCUT2D eigenvalue weighted by Crippen LogP contribution is 2.25. The van der Waals surface area contributed by atoms with E-state index in [9.17, 15) is 18.0 Å². The fourth-order valence-corrected chi connectivity index (χ4v) is 3.46. The van der Waals surface area contributed by atoms with Crippen LogP contribution in [0.3, 0.4) is 0 Å². The number of rotatable bonds is 7. The second-order valence-corrected chi connectivity index (χ2v) is 8.52. The average molecular weight is 420 g/mol. The van der Waals surface area contributed by atoms with E-state index in [2.05, 4.69) is 5.10 Å². The zero-order valence-electron chi connectivity index (χ0n) is 15.8. The molecule has 0 fully saturated rings. The molecule has 154 valence electrons. The topological polar surface area (TPSA) is 136 Å². The molecule has 29 heavy (non-hydrogen) atoms. The van der Waals surface area contributed by atoms with Gasteiger partial charge in [0, 0.05) is 20.5 Å². The normalized spacial score (nSPS) is 16.7. The molecule has 10 nitrogen and oxygen atoms in total. The summed E-state index contributed by atoms with van der Waals surface area (Å²) in [6, 6.07) is 10.7. The molecule has 0 bridgehead atoms. The van der Waals surface area contributed by atoms with Crippen molar-refractivity contribution in [2.24, 2.45) is 10.8 Å². The highest BCUT2D eigenvalue weighted by atomic mass is 32.2. The Hall–Kier alpha value is -3.18. The third kappa shape index (κ3) is 4.30. The smallest absolute Gasteiger partial charge is 0.355 e. The van der Waals surface area contributed by atoms with Crippen LogP contribution in [0.15, 0.2) is 57.1 Å². The van der Waals surface area contributed by atoms with E-state index in [1.54, 1.807) is 24.3 Å². The molecule has 1 aromatic carbocycles. The van der Waals surface area contributed by atoms with Crippen molar-refractivity contribution in [3.8, 4) is 0 Å². The number of para-hydroxylation sites is 1. The quantitative estimate of drug-likeness (QED) is 0.651. The van der Waals surface area contributed by atoms with Crippen LogP contribution in [0.1, 0.15) is 12.2 Å². The Bertz CT molecular complexity index is 1050. The van der Waals surface area contributed by atoms with Gasteiger partial charge in [0.15, 0.2) is 0 Å². The molecular weight excluding hydrogens is 400 g/mol. The van der Waals surface area contributed by atoms with Crippen LogP contribution in [0, 0.1) is 0 Å². The van der Waals surface area contributed by atoms with Crippen LogP contribution in [0.25, 0.3) is 0 Å². The summed E-state index contributed by atoms with van der Waals surface area (Å²) in [6.45, 7) is -0.284. The van der Waals surface area contributed by atoms with E-state index < -0.39 is 27.9 Å². The van der Waals surface area contributed by atoms with Crippen molar-refractivity contribution >= 4 is 33.3 Å². The summed E-state index contributed by atoms with van der Waals surface area (Å²) in [5, 5.41) is 5.31. The molecule has 0 radical (unpaired) electrons. The van der Waals surface area contributed by atoms with Crippen molar-refractivity contribution in [2.45, 2.75) is 24.2 Å². The van der Waals surface area contributed by atoms with Gasteiger partial charge < -0.3 is 14.9 Å². The van der Waals surface area contributed by atoms with Crippen LogP contribution in [0.4, 0.5) is 5.69 Å². The highest BCUT2D eigenvalue weighted by Gasteiger charge is 2.35. The van der Waals surface area contributed by atoms with Gasteiger partial charge in [0.1, 0.15) is 24.1 Å². The number of nitrogens with zero attached hydrogens (tertiary/aromatic N) is 3. The molecule has 1 aromatic heterocycles. The number of hydrazone groups is 1. The molecule has 3 rings (SSSR count). The lowest BCUT2D eigenvalue weighted by Gasteiger charge is -2.20. The lowest BCUT2D eigenvalue weighted by molar-refractivity contribution is -0.137. The minimum Gasteiger partial charge on any atom is -0.453 e. The molecule has 1 amide bonds. The van der Waals surface area contributed by atoms with Crippen molar-refractivity contribution in [2.75, 3.05) is 19.1 Å².